The number of hydrogen-bond donors (Lipinski definition) is 0. The predicted octanol–water partition coefficient (Wildman–Crippen LogP) is 8.10. The van der Waals surface area contributed by atoms with Gasteiger partial charge in [-0.3, -0.25) is 9.36 Å². The van der Waals surface area contributed by atoms with Crippen LogP contribution in [-0.2, 0) is 0 Å². The van der Waals surface area contributed by atoms with Gasteiger partial charge in [0.15, 0.2) is 4.80 Å². The lowest BCUT2D eigenvalue weighted by Crippen LogP contribution is -2.39. The summed E-state index contributed by atoms with van der Waals surface area (Å²) in [5.74, 6) is 0. The summed E-state index contributed by atoms with van der Waals surface area (Å²) < 4.78 is 2.32. The standard InChI is InChI=1S/C30H20Cl4N2OS/c31-20-13-12-18(25(34)16-20)15-26-29(37)36-28(21-8-2-4-11-24(21)33)22-9-5-7-19(27(22)35-30(36)38-26)14-17-6-1-3-10-23(17)32/h1-4,6,8,10-16,28H,5,7,9H2/b19-14-,26-15-/t28-/m1/s1. The molecule has 0 saturated heterocycles. The van der Waals surface area contributed by atoms with Crippen LogP contribution in [0.4, 0.5) is 0 Å². The van der Waals surface area contributed by atoms with Crippen molar-refractivity contribution >= 4 is 69.9 Å². The highest BCUT2D eigenvalue weighted by atomic mass is 35.5. The molecule has 6 rings (SSSR count). The Morgan fingerprint density at radius 2 is 1.58 bits per heavy atom. The van der Waals surface area contributed by atoms with E-state index >= 15 is 0 Å². The Morgan fingerprint density at radius 1 is 0.842 bits per heavy atom. The highest BCUT2D eigenvalue weighted by molar-refractivity contribution is 7.07. The van der Waals surface area contributed by atoms with Gasteiger partial charge in [0, 0.05) is 20.1 Å². The average molecular weight is 598 g/mol. The monoisotopic (exact) mass is 596 g/mol. The summed E-state index contributed by atoms with van der Waals surface area (Å²) in [6, 6.07) is 20.4. The van der Waals surface area contributed by atoms with Crippen LogP contribution < -0.4 is 14.9 Å². The number of fused-ring (bicyclic) bond motifs is 1. The van der Waals surface area contributed by atoms with E-state index in [2.05, 4.69) is 6.08 Å². The van der Waals surface area contributed by atoms with Crippen LogP contribution in [0.5, 0.6) is 0 Å². The fourth-order valence-corrected chi connectivity index (χ4v) is 6.95. The van der Waals surface area contributed by atoms with Crippen molar-refractivity contribution in [2.75, 3.05) is 0 Å². The summed E-state index contributed by atoms with van der Waals surface area (Å²) in [5.41, 5.74) is 5.53. The molecule has 0 bridgehead atoms. The second-order valence-corrected chi connectivity index (χ2v) is 11.9. The number of benzene rings is 3. The molecular formula is C30H20Cl4N2OS. The maximum atomic E-state index is 13.9. The van der Waals surface area contributed by atoms with E-state index < -0.39 is 0 Å². The van der Waals surface area contributed by atoms with Gasteiger partial charge in [0.1, 0.15) is 0 Å². The molecule has 1 atom stereocenters. The SMILES string of the molecule is O=c1/c(=C/c2ccc(Cl)cc2Cl)sc2n1[C@H](c1ccccc1Cl)C1=C(N=2)/C(=C\c2ccccc2Cl)CCC1. The van der Waals surface area contributed by atoms with Gasteiger partial charge in [-0.05, 0) is 83.5 Å². The van der Waals surface area contributed by atoms with Crippen LogP contribution in [0, 0.1) is 0 Å². The number of nitrogens with zero attached hydrogens (tertiary/aromatic N) is 2. The molecule has 0 N–H and O–H groups in total. The smallest absolute Gasteiger partial charge is 0.271 e. The first-order valence-electron chi connectivity index (χ1n) is 12.1. The lowest BCUT2D eigenvalue weighted by Gasteiger charge is -2.31. The van der Waals surface area contributed by atoms with Gasteiger partial charge in [-0.1, -0.05) is 100 Å². The van der Waals surface area contributed by atoms with Crippen LogP contribution in [0.3, 0.4) is 0 Å². The van der Waals surface area contributed by atoms with E-state index in [9.17, 15) is 4.79 Å². The van der Waals surface area contributed by atoms with E-state index in [1.54, 1.807) is 22.8 Å². The fraction of sp³-hybridized carbons (Fsp3) is 0.133. The van der Waals surface area contributed by atoms with Crippen molar-refractivity contribution in [2.24, 2.45) is 4.99 Å². The van der Waals surface area contributed by atoms with E-state index in [1.165, 1.54) is 11.3 Å². The van der Waals surface area contributed by atoms with E-state index in [0.29, 0.717) is 29.4 Å². The van der Waals surface area contributed by atoms with Crippen LogP contribution >= 0.6 is 57.7 Å². The predicted molar refractivity (Wildman–Crippen MR) is 159 cm³/mol. The number of rotatable bonds is 3. The first-order valence-corrected chi connectivity index (χ1v) is 14.4. The fourth-order valence-electron chi connectivity index (χ4n) is 5.07. The molecule has 0 fully saturated rings. The maximum Gasteiger partial charge on any atom is 0.271 e. The molecule has 0 spiro atoms. The van der Waals surface area contributed by atoms with Gasteiger partial charge in [0.05, 0.1) is 16.3 Å². The molecule has 0 radical (unpaired) electrons. The molecule has 1 aliphatic heterocycles. The Morgan fingerprint density at radius 3 is 2.34 bits per heavy atom. The van der Waals surface area contributed by atoms with Gasteiger partial charge < -0.3 is 0 Å². The molecule has 4 aromatic rings. The van der Waals surface area contributed by atoms with Gasteiger partial charge in [-0.2, -0.15) is 0 Å². The largest absolute Gasteiger partial charge is 0.272 e. The van der Waals surface area contributed by atoms with Gasteiger partial charge in [-0.25, -0.2) is 4.99 Å². The molecular weight excluding hydrogens is 578 g/mol. The Labute approximate surface area is 243 Å². The topological polar surface area (TPSA) is 34.4 Å². The Kier molecular flexibility index (Phi) is 7.10. The third-order valence-electron chi connectivity index (χ3n) is 6.82. The number of aromatic nitrogens is 1. The molecule has 1 aromatic heterocycles. The summed E-state index contributed by atoms with van der Waals surface area (Å²) in [6.45, 7) is 0. The Balaban J connectivity index is 1.61. The third kappa shape index (κ3) is 4.70. The molecule has 3 aromatic carbocycles. The van der Waals surface area contributed by atoms with Crippen molar-refractivity contribution in [3.8, 4) is 0 Å². The van der Waals surface area contributed by atoms with Crippen molar-refractivity contribution in [1.29, 1.82) is 0 Å². The summed E-state index contributed by atoms with van der Waals surface area (Å²) in [5, 5.41) is 2.33. The van der Waals surface area contributed by atoms with E-state index in [-0.39, 0.29) is 11.6 Å². The van der Waals surface area contributed by atoms with E-state index in [4.69, 9.17) is 51.4 Å². The summed E-state index contributed by atoms with van der Waals surface area (Å²) in [4.78, 5) is 19.6. The Bertz CT molecular complexity index is 1830. The summed E-state index contributed by atoms with van der Waals surface area (Å²) >= 11 is 27.1. The highest BCUT2D eigenvalue weighted by Crippen LogP contribution is 2.42. The zero-order chi connectivity index (χ0) is 26.4. The molecule has 0 amide bonds. The van der Waals surface area contributed by atoms with Crippen molar-refractivity contribution in [2.45, 2.75) is 25.3 Å². The Hall–Kier alpha value is -2.60. The van der Waals surface area contributed by atoms with Crippen molar-refractivity contribution in [3.63, 3.8) is 0 Å². The molecule has 8 heteroatoms. The van der Waals surface area contributed by atoms with E-state index in [0.717, 1.165) is 52.8 Å². The van der Waals surface area contributed by atoms with Crippen LogP contribution in [-0.4, -0.2) is 4.57 Å². The molecule has 1 aliphatic carbocycles. The minimum Gasteiger partial charge on any atom is -0.272 e. The number of allylic oxidation sites excluding steroid dienone is 2. The van der Waals surface area contributed by atoms with Crippen LogP contribution in [0.25, 0.3) is 12.2 Å². The number of halogens is 4. The molecule has 190 valence electrons. The molecule has 3 nitrogen and oxygen atoms in total. The van der Waals surface area contributed by atoms with E-state index in [1.807, 2.05) is 54.6 Å². The number of hydrogen-bond acceptors (Lipinski definition) is 3. The first kappa shape index (κ1) is 25.7. The molecule has 2 aliphatic rings. The second-order valence-electron chi connectivity index (χ2n) is 9.19. The van der Waals surface area contributed by atoms with Gasteiger partial charge in [0.25, 0.3) is 5.56 Å². The minimum absolute atomic E-state index is 0.126. The zero-order valence-corrected chi connectivity index (χ0v) is 23.8. The average Bonchev–Trinajstić information content (AvgIpc) is 3.21. The summed E-state index contributed by atoms with van der Waals surface area (Å²) in [6.07, 6.45) is 6.55. The molecule has 38 heavy (non-hydrogen) atoms. The normalized spacial score (nSPS) is 18.4. The van der Waals surface area contributed by atoms with Crippen LogP contribution in [0.15, 0.2) is 93.4 Å². The lowest BCUT2D eigenvalue weighted by molar-refractivity contribution is 0.553. The molecule has 0 unspecified atom stereocenters. The number of thiazole rings is 1. The lowest BCUT2D eigenvalue weighted by atomic mass is 9.84. The van der Waals surface area contributed by atoms with Gasteiger partial charge >= 0.3 is 0 Å². The van der Waals surface area contributed by atoms with Crippen molar-refractivity contribution < 1.29 is 0 Å². The molecule has 2 heterocycles. The first-order chi connectivity index (χ1) is 18.4. The van der Waals surface area contributed by atoms with Gasteiger partial charge in [0.2, 0.25) is 0 Å². The third-order valence-corrected chi connectivity index (χ3v) is 9.05. The van der Waals surface area contributed by atoms with Gasteiger partial charge in [-0.15, -0.1) is 0 Å². The summed E-state index contributed by atoms with van der Waals surface area (Å²) in [7, 11) is 0. The maximum absolute atomic E-state index is 13.9. The quantitative estimate of drug-likeness (QED) is 0.235. The minimum atomic E-state index is -0.354. The van der Waals surface area contributed by atoms with Crippen LogP contribution in [0.2, 0.25) is 20.1 Å². The zero-order valence-electron chi connectivity index (χ0n) is 19.9. The molecule has 0 saturated carbocycles. The van der Waals surface area contributed by atoms with Crippen molar-refractivity contribution in [3.05, 3.63) is 140 Å². The highest BCUT2D eigenvalue weighted by Gasteiger charge is 2.33. The second kappa shape index (κ2) is 10.5. The van der Waals surface area contributed by atoms with Crippen LogP contribution in [0.1, 0.15) is 42.0 Å². The van der Waals surface area contributed by atoms with Crippen molar-refractivity contribution in [1.82, 2.24) is 4.57 Å².